The highest BCUT2D eigenvalue weighted by atomic mass is 16.7. The Balaban J connectivity index is 1.79. The molecule has 23 heavy (non-hydrogen) atoms. The number of imidazole rings is 1. The number of nitrogen functional groups attached to an aromatic ring is 1. The van der Waals surface area contributed by atoms with Gasteiger partial charge in [-0.1, -0.05) is 0 Å². The lowest BCUT2D eigenvalue weighted by Gasteiger charge is -2.30. The van der Waals surface area contributed by atoms with E-state index in [2.05, 4.69) is 15.0 Å². The summed E-state index contributed by atoms with van der Waals surface area (Å²) >= 11 is 0. The molecule has 4 atom stereocenters. The molecule has 10 nitrogen and oxygen atoms in total. The van der Waals surface area contributed by atoms with Gasteiger partial charge in [0.2, 0.25) is 5.95 Å². The van der Waals surface area contributed by atoms with Crippen molar-refractivity contribution in [1.82, 2.24) is 19.5 Å². The molecule has 0 saturated carbocycles. The van der Waals surface area contributed by atoms with Gasteiger partial charge in [-0.05, 0) is 0 Å². The highest BCUT2D eigenvalue weighted by molar-refractivity contribution is 5.70. The summed E-state index contributed by atoms with van der Waals surface area (Å²) in [5, 5.41) is 0. The van der Waals surface area contributed by atoms with Crippen molar-refractivity contribution in [3.63, 3.8) is 0 Å². The van der Waals surface area contributed by atoms with E-state index in [0.29, 0.717) is 18.9 Å². The number of nitrogens with one attached hydrogen (secondary N) is 1. The molecule has 3 N–H and O–H groups in total. The first kappa shape index (κ1) is 14.6. The molecule has 2 aliphatic heterocycles. The van der Waals surface area contributed by atoms with Crippen LogP contribution in [-0.4, -0.2) is 64.8 Å². The molecule has 2 unspecified atom stereocenters. The van der Waals surface area contributed by atoms with Crippen LogP contribution in [0.4, 0.5) is 5.95 Å². The van der Waals surface area contributed by atoms with Crippen molar-refractivity contribution >= 4 is 17.1 Å². The van der Waals surface area contributed by atoms with Gasteiger partial charge in [0, 0.05) is 14.2 Å². The molecule has 0 spiro atoms. The predicted octanol–water partition coefficient (Wildman–Crippen LogP) is -0.970. The summed E-state index contributed by atoms with van der Waals surface area (Å²) in [5.74, 6) is 0.0169. The van der Waals surface area contributed by atoms with Crippen LogP contribution in [0.25, 0.3) is 11.2 Å². The van der Waals surface area contributed by atoms with E-state index in [0.717, 1.165) is 0 Å². The minimum Gasteiger partial charge on any atom is -0.381 e. The number of nitrogens with two attached hydrogens (primary N) is 1. The van der Waals surface area contributed by atoms with Crippen LogP contribution in [0.5, 0.6) is 0 Å². The molecule has 2 aliphatic rings. The number of hydrogen-bond donors (Lipinski definition) is 2. The van der Waals surface area contributed by atoms with Crippen molar-refractivity contribution in [2.45, 2.75) is 24.0 Å². The lowest BCUT2D eigenvalue weighted by atomic mass is 10.0. The third-order valence-electron chi connectivity index (χ3n) is 4.34. The molecule has 4 rings (SSSR count). The number of fused-ring (bicyclic) bond motifs is 3. The Morgan fingerprint density at radius 1 is 1.57 bits per heavy atom. The first-order chi connectivity index (χ1) is 11.1. The fourth-order valence-electron chi connectivity index (χ4n) is 3.44. The molecule has 2 bridgehead atoms. The Morgan fingerprint density at radius 2 is 2.39 bits per heavy atom. The zero-order chi connectivity index (χ0) is 16.2. The molecule has 124 valence electrons. The normalized spacial score (nSPS) is 32.9. The molecular weight excluding hydrogens is 306 g/mol. The van der Waals surface area contributed by atoms with Gasteiger partial charge < -0.3 is 24.7 Å². The molecule has 0 aromatic carbocycles. The third kappa shape index (κ3) is 1.92. The van der Waals surface area contributed by atoms with Gasteiger partial charge in [0.25, 0.3) is 5.56 Å². The number of H-pyrrole nitrogens is 1. The maximum atomic E-state index is 11.9. The standard InChI is InChI=1S/C13H17N5O5/c1-20-3-13-4-22-7(8(13)21-2)11(23-13)18-5-15-6-9(18)16-12(14)17-10(6)19/h5,7-8,11H,3-4H2,1-2H3,(H3,14,16,17,19)/t7?,8?,11-,13+/m1/s1. The molecule has 2 fully saturated rings. The van der Waals surface area contributed by atoms with E-state index in [1.165, 1.54) is 6.33 Å². The van der Waals surface area contributed by atoms with E-state index in [4.69, 9.17) is 24.7 Å². The van der Waals surface area contributed by atoms with Crippen LogP contribution in [0.15, 0.2) is 11.1 Å². The van der Waals surface area contributed by atoms with Crippen LogP contribution in [-0.2, 0) is 18.9 Å². The van der Waals surface area contributed by atoms with Crippen molar-refractivity contribution in [2.75, 3.05) is 33.2 Å². The number of nitrogens with zero attached hydrogens (tertiary/aromatic N) is 3. The topological polar surface area (TPSA) is 127 Å². The summed E-state index contributed by atoms with van der Waals surface area (Å²) < 4.78 is 24.5. The summed E-state index contributed by atoms with van der Waals surface area (Å²) in [5.41, 5.74) is 5.08. The minimum absolute atomic E-state index is 0.0169. The number of ether oxygens (including phenoxy) is 4. The van der Waals surface area contributed by atoms with E-state index in [9.17, 15) is 4.79 Å². The van der Waals surface area contributed by atoms with E-state index < -0.39 is 17.4 Å². The maximum absolute atomic E-state index is 11.9. The number of aromatic nitrogens is 4. The third-order valence-corrected chi connectivity index (χ3v) is 4.34. The van der Waals surface area contributed by atoms with Gasteiger partial charge >= 0.3 is 0 Å². The molecule has 10 heteroatoms. The van der Waals surface area contributed by atoms with Crippen LogP contribution < -0.4 is 11.3 Å². The first-order valence-electron chi connectivity index (χ1n) is 7.13. The fraction of sp³-hybridized carbons (Fsp3) is 0.615. The molecule has 4 heterocycles. The summed E-state index contributed by atoms with van der Waals surface area (Å²) in [4.78, 5) is 22.6. The molecular formula is C13H17N5O5. The number of hydrogen-bond acceptors (Lipinski definition) is 8. The first-order valence-corrected chi connectivity index (χ1v) is 7.13. The quantitative estimate of drug-likeness (QED) is 0.736. The molecule has 0 amide bonds. The van der Waals surface area contributed by atoms with Crippen LogP contribution >= 0.6 is 0 Å². The van der Waals surface area contributed by atoms with Gasteiger partial charge in [-0.2, -0.15) is 4.98 Å². The lowest BCUT2D eigenvalue weighted by molar-refractivity contribution is -0.189. The van der Waals surface area contributed by atoms with Crippen LogP contribution in [0, 0.1) is 0 Å². The van der Waals surface area contributed by atoms with E-state index in [-0.39, 0.29) is 23.7 Å². The summed E-state index contributed by atoms with van der Waals surface area (Å²) in [6, 6.07) is 0. The second-order valence-electron chi connectivity index (χ2n) is 5.71. The zero-order valence-corrected chi connectivity index (χ0v) is 12.7. The molecule has 2 aromatic heterocycles. The van der Waals surface area contributed by atoms with Crippen LogP contribution in [0.2, 0.25) is 0 Å². The number of aromatic amines is 1. The minimum atomic E-state index is -0.692. The average molecular weight is 323 g/mol. The Labute approximate surface area is 130 Å². The van der Waals surface area contributed by atoms with Crippen molar-refractivity contribution in [2.24, 2.45) is 0 Å². The summed E-state index contributed by atoms with van der Waals surface area (Å²) in [7, 11) is 3.20. The van der Waals surface area contributed by atoms with Gasteiger partial charge in [0.1, 0.15) is 17.8 Å². The second-order valence-corrected chi connectivity index (χ2v) is 5.71. The van der Waals surface area contributed by atoms with Gasteiger partial charge in [0.15, 0.2) is 17.4 Å². The van der Waals surface area contributed by atoms with E-state index >= 15 is 0 Å². The second kappa shape index (κ2) is 4.99. The number of rotatable bonds is 4. The van der Waals surface area contributed by atoms with E-state index in [1.807, 2.05) is 0 Å². The monoisotopic (exact) mass is 323 g/mol. The number of methoxy groups -OCH3 is 2. The Hall–Kier alpha value is -2.01. The highest BCUT2D eigenvalue weighted by Crippen LogP contribution is 2.46. The SMILES string of the molecule is COC[C@]12COC(C1OC)[C@H](n1cnc3c(=O)[nH]c(N)nc31)O2. The van der Waals surface area contributed by atoms with Crippen LogP contribution in [0.1, 0.15) is 6.23 Å². The lowest BCUT2D eigenvalue weighted by Crippen LogP contribution is -2.45. The van der Waals surface area contributed by atoms with Crippen LogP contribution in [0.3, 0.4) is 0 Å². The smallest absolute Gasteiger partial charge is 0.280 e. The summed E-state index contributed by atoms with van der Waals surface area (Å²) in [6.07, 6.45) is 0.329. The Bertz CT molecular complexity index is 804. The Kier molecular flexibility index (Phi) is 3.17. The fourth-order valence-corrected chi connectivity index (χ4v) is 3.44. The van der Waals surface area contributed by atoms with Crippen molar-refractivity contribution in [3.8, 4) is 0 Å². The van der Waals surface area contributed by atoms with Gasteiger partial charge in [-0.3, -0.25) is 14.3 Å². The highest BCUT2D eigenvalue weighted by Gasteiger charge is 2.63. The maximum Gasteiger partial charge on any atom is 0.280 e. The molecule has 2 saturated heterocycles. The molecule has 2 aromatic rings. The van der Waals surface area contributed by atoms with Gasteiger partial charge in [-0.15, -0.1) is 0 Å². The average Bonchev–Trinajstić information content (AvgIpc) is 3.15. The van der Waals surface area contributed by atoms with Crippen molar-refractivity contribution < 1.29 is 18.9 Å². The predicted molar refractivity (Wildman–Crippen MR) is 77.8 cm³/mol. The molecule has 0 radical (unpaired) electrons. The van der Waals surface area contributed by atoms with E-state index in [1.54, 1.807) is 18.8 Å². The van der Waals surface area contributed by atoms with Gasteiger partial charge in [-0.25, -0.2) is 4.98 Å². The molecule has 0 aliphatic carbocycles. The summed E-state index contributed by atoms with van der Waals surface area (Å²) in [6.45, 7) is 0.713. The number of anilines is 1. The zero-order valence-electron chi connectivity index (χ0n) is 12.7. The van der Waals surface area contributed by atoms with Gasteiger partial charge in [0.05, 0.1) is 19.5 Å². The Morgan fingerprint density at radius 3 is 3.13 bits per heavy atom. The van der Waals surface area contributed by atoms with Crippen molar-refractivity contribution in [3.05, 3.63) is 16.7 Å². The van der Waals surface area contributed by atoms with Crippen molar-refractivity contribution in [1.29, 1.82) is 0 Å². The largest absolute Gasteiger partial charge is 0.381 e.